The summed E-state index contributed by atoms with van der Waals surface area (Å²) >= 11 is 0. The maximum absolute atomic E-state index is 12.8. The van der Waals surface area contributed by atoms with Crippen LogP contribution in [0.1, 0.15) is 54.2 Å². The third-order valence-corrected chi connectivity index (χ3v) is 8.56. The average Bonchev–Trinajstić information content (AvgIpc) is 3.48. The number of nitriles is 1. The minimum Gasteiger partial charge on any atom is -0.382 e. The molecule has 2 aromatic rings. The van der Waals surface area contributed by atoms with Crippen LogP contribution >= 0.6 is 8.53 Å². The highest BCUT2D eigenvalue weighted by atomic mass is 31.2. The Labute approximate surface area is 247 Å². The van der Waals surface area contributed by atoms with Crippen molar-refractivity contribution in [3.8, 4) is 6.07 Å². The molecule has 1 unspecified atom stereocenters. The Morgan fingerprint density at radius 2 is 1.95 bits per heavy atom. The number of carbonyl (C=O) groups is 1. The van der Waals surface area contributed by atoms with Crippen molar-refractivity contribution in [1.29, 1.82) is 5.26 Å². The summed E-state index contributed by atoms with van der Waals surface area (Å²) in [6.07, 6.45) is -0.421. The number of imidazole rings is 1. The molecule has 3 rings (SSSR count). The smallest absolute Gasteiger partial charge is 0.280 e. The maximum Gasteiger partial charge on any atom is 0.280 e. The molecule has 4 N–H and O–H groups in total. The predicted octanol–water partition coefficient (Wildman–Crippen LogP) is 2.26. The summed E-state index contributed by atoms with van der Waals surface area (Å²) in [5.74, 6) is -0.622. The number of aromatic amines is 1. The predicted molar refractivity (Wildman–Crippen MR) is 156 cm³/mol. The molecule has 1 saturated heterocycles. The minimum absolute atomic E-state index is 0.00500. The van der Waals surface area contributed by atoms with Gasteiger partial charge in [-0.1, -0.05) is 13.8 Å². The van der Waals surface area contributed by atoms with E-state index in [1.807, 2.05) is 0 Å². The first-order chi connectivity index (χ1) is 20.0. The maximum atomic E-state index is 12.8. The van der Waals surface area contributed by atoms with E-state index in [1.54, 1.807) is 25.5 Å². The number of H-pyrrole nitrogens is 1. The number of aromatic nitrogens is 4. The number of nitrogens with two attached hydrogens (primary N) is 1. The molecule has 1 aliphatic heterocycles. The van der Waals surface area contributed by atoms with Crippen molar-refractivity contribution in [2.24, 2.45) is 11.7 Å². The van der Waals surface area contributed by atoms with E-state index in [1.165, 1.54) is 6.33 Å². The molecule has 15 nitrogen and oxygen atoms in total. The van der Waals surface area contributed by atoms with Gasteiger partial charge in [-0.2, -0.15) is 10.2 Å². The number of anilines is 1. The van der Waals surface area contributed by atoms with E-state index in [4.69, 9.17) is 34.3 Å². The molecule has 2 aromatic heterocycles. The van der Waals surface area contributed by atoms with Gasteiger partial charge in [0, 0.05) is 25.1 Å². The highest BCUT2D eigenvalue weighted by Gasteiger charge is 2.46. The summed E-state index contributed by atoms with van der Waals surface area (Å²) in [5, 5.41) is 11.6. The average molecular weight is 611 g/mol. The molecule has 0 saturated carbocycles. The van der Waals surface area contributed by atoms with Gasteiger partial charge in [0.2, 0.25) is 11.9 Å². The van der Waals surface area contributed by atoms with Gasteiger partial charge in [0.1, 0.15) is 12.2 Å². The van der Waals surface area contributed by atoms with Crippen LogP contribution in [0, 0.1) is 17.2 Å². The molecule has 1 amide bonds. The normalized spacial score (nSPS) is 21.6. The third kappa shape index (κ3) is 8.30. The Kier molecular flexibility index (Phi) is 12.8. The van der Waals surface area contributed by atoms with Gasteiger partial charge in [0.15, 0.2) is 17.4 Å². The van der Waals surface area contributed by atoms with Crippen molar-refractivity contribution < 1.29 is 28.1 Å². The fourth-order valence-electron chi connectivity index (χ4n) is 4.47. The quantitative estimate of drug-likeness (QED) is 0.186. The summed E-state index contributed by atoms with van der Waals surface area (Å²) in [5.41, 5.74) is 6.43. The highest BCUT2D eigenvalue weighted by molar-refractivity contribution is 7.44. The lowest BCUT2D eigenvalue weighted by Crippen LogP contribution is -2.43. The number of nitrogens with zero attached hydrogens (tertiary/aromatic N) is 5. The molecule has 16 heteroatoms. The van der Waals surface area contributed by atoms with Crippen molar-refractivity contribution in [2.75, 3.05) is 38.9 Å². The summed E-state index contributed by atoms with van der Waals surface area (Å²) in [6.45, 7) is 12.6. The molecule has 0 radical (unpaired) electrons. The van der Waals surface area contributed by atoms with Gasteiger partial charge < -0.3 is 29.0 Å². The summed E-state index contributed by atoms with van der Waals surface area (Å²) in [7, 11) is 0.0491. The van der Waals surface area contributed by atoms with Crippen LogP contribution in [0.3, 0.4) is 0 Å². The lowest BCUT2D eigenvalue weighted by molar-refractivity contribution is -0.118. The number of ether oxygens (including phenoxy) is 3. The van der Waals surface area contributed by atoms with E-state index in [0.717, 1.165) is 0 Å². The van der Waals surface area contributed by atoms with Crippen molar-refractivity contribution in [3.05, 3.63) is 16.7 Å². The van der Waals surface area contributed by atoms with Crippen LogP contribution in [0.15, 0.2) is 11.1 Å². The van der Waals surface area contributed by atoms with Crippen LogP contribution < -0.4 is 16.6 Å². The minimum atomic E-state index is -1.52. The molecule has 3 heterocycles. The number of hydrogen-bond donors (Lipinski definition) is 3. The van der Waals surface area contributed by atoms with Gasteiger partial charge >= 0.3 is 0 Å². The zero-order valence-electron chi connectivity index (χ0n) is 25.3. The molecular weight excluding hydrogens is 567 g/mol. The molecule has 1 fully saturated rings. The van der Waals surface area contributed by atoms with Crippen molar-refractivity contribution >= 4 is 31.5 Å². The van der Waals surface area contributed by atoms with Crippen LogP contribution in [-0.2, 0) is 28.1 Å². The zero-order valence-corrected chi connectivity index (χ0v) is 26.2. The molecule has 234 valence electrons. The monoisotopic (exact) mass is 610 g/mol. The Morgan fingerprint density at radius 3 is 2.57 bits per heavy atom. The second-order valence-electron chi connectivity index (χ2n) is 10.7. The van der Waals surface area contributed by atoms with Gasteiger partial charge in [0.25, 0.3) is 14.1 Å². The second kappa shape index (κ2) is 15.8. The fraction of sp³-hybridized carbons (Fsp3) is 0.731. The van der Waals surface area contributed by atoms with Crippen molar-refractivity contribution in [1.82, 2.24) is 24.2 Å². The van der Waals surface area contributed by atoms with Crippen LogP contribution in [0.4, 0.5) is 5.95 Å². The Hall–Kier alpha value is -2.54. The molecule has 0 bridgehead atoms. The number of hydrogen-bond acceptors (Lipinski definition) is 12. The van der Waals surface area contributed by atoms with Crippen LogP contribution in [0.25, 0.3) is 11.2 Å². The molecule has 1 aliphatic rings. The lowest BCUT2D eigenvalue weighted by Gasteiger charge is -2.36. The van der Waals surface area contributed by atoms with E-state index < -0.39 is 38.6 Å². The highest BCUT2D eigenvalue weighted by Crippen LogP contribution is 2.47. The fourth-order valence-corrected chi connectivity index (χ4v) is 6.08. The molecule has 5 atom stereocenters. The number of fused-ring (bicyclic) bond motifs is 1. The van der Waals surface area contributed by atoms with E-state index in [0.29, 0.717) is 6.61 Å². The van der Waals surface area contributed by atoms with Gasteiger partial charge in [-0.3, -0.25) is 24.5 Å². The first-order valence-electron chi connectivity index (χ1n) is 14.0. The first kappa shape index (κ1) is 34.0. The first-order valence-corrected chi connectivity index (χ1v) is 15.1. The lowest BCUT2D eigenvalue weighted by atomic mass is 10.1. The van der Waals surface area contributed by atoms with Crippen molar-refractivity contribution in [2.45, 2.75) is 84.5 Å². The Balaban J connectivity index is 1.90. The standard InChI is InChI=1S/C26H43N8O7P/c1-15(2)23(35)31-26-30-22-20(24(36)32-26)29-14-33(22)25-21(38-12-11-37-7)19(28)18(41-25)13-40-42(39-10-8-9-27)34(16(3)4)17(5)6/h14-19,21,25H,8,10-13,28H2,1-7H3,(H2,30,31,32,35,36)/t18-,19-,21-,25-,42?/m1/s1. The van der Waals surface area contributed by atoms with Crippen LogP contribution in [0.5, 0.6) is 0 Å². The van der Waals surface area contributed by atoms with Gasteiger partial charge in [-0.05, 0) is 27.7 Å². The van der Waals surface area contributed by atoms with E-state index in [9.17, 15) is 9.59 Å². The van der Waals surface area contributed by atoms with E-state index >= 15 is 0 Å². The largest absolute Gasteiger partial charge is 0.382 e. The molecule has 0 aliphatic carbocycles. The van der Waals surface area contributed by atoms with Crippen LogP contribution in [-0.4, -0.2) is 94.0 Å². The SMILES string of the molecule is COCCO[C@@H]1[C@H](N)[C@@H](COP(OCCC#N)N(C(C)C)C(C)C)O[C@H]1n1cnc2c(=O)[nH]c(NC(=O)C(C)C)nc21. The number of methoxy groups -OCH3 is 1. The number of amides is 1. The van der Waals surface area contributed by atoms with Crippen molar-refractivity contribution in [3.63, 3.8) is 0 Å². The summed E-state index contributed by atoms with van der Waals surface area (Å²) in [4.78, 5) is 36.3. The van der Waals surface area contributed by atoms with E-state index in [-0.39, 0.29) is 67.3 Å². The molecule has 0 aromatic carbocycles. The zero-order chi connectivity index (χ0) is 31.0. The third-order valence-electron chi connectivity index (χ3n) is 6.49. The van der Waals surface area contributed by atoms with Crippen LogP contribution in [0.2, 0.25) is 0 Å². The van der Waals surface area contributed by atoms with Gasteiger partial charge in [-0.15, -0.1) is 0 Å². The topological polar surface area (TPSA) is 192 Å². The Morgan fingerprint density at radius 1 is 1.24 bits per heavy atom. The van der Waals surface area contributed by atoms with E-state index in [2.05, 4.69) is 58.7 Å². The number of nitrogens with one attached hydrogen (secondary N) is 2. The number of carbonyl (C=O) groups excluding carboxylic acids is 1. The van der Waals surface area contributed by atoms with Gasteiger partial charge in [0.05, 0.1) is 51.3 Å². The number of rotatable bonds is 16. The Bertz CT molecular complexity index is 1260. The summed E-state index contributed by atoms with van der Waals surface area (Å²) in [6, 6.07) is 1.71. The second-order valence-corrected chi connectivity index (χ2v) is 12.1. The molecule has 0 spiro atoms. The molecule has 42 heavy (non-hydrogen) atoms. The van der Waals surface area contributed by atoms with Gasteiger partial charge in [-0.25, -0.2) is 9.65 Å². The molecular formula is C26H43N8O7P. The summed E-state index contributed by atoms with van der Waals surface area (Å²) < 4.78 is 33.6.